The summed E-state index contributed by atoms with van der Waals surface area (Å²) in [7, 11) is 0. The maximum atomic E-state index is 12.5. The fourth-order valence-corrected chi connectivity index (χ4v) is 4.67. The quantitative estimate of drug-likeness (QED) is 0.306. The van der Waals surface area contributed by atoms with Crippen molar-refractivity contribution in [2.24, 2.45) is 4.99 Å². The molecule has 2 aliphatic heterocycles. The molecule has 198 valence electrons. The van der Waals surface area contributed by atoms with E-state index in [9.17, 15) is 24.0 Å². The molecule has 0 spiro atoms. The van der Waals surface area contributed by atoms with Crippen LogP contribution >= 0.6 is 11.8 Å². The SMILES string of the molecule is CC(=O)OC[C@H]1O[C@@H](SC2=NC(=Cc3ccccc3)C(=O)N2)[C@H](OC(C)=O)[C@@H](OC(C)=O)[C@@H]1OC(C)=O. The number of benzene rings is 1. The van der Waals surface area contributed by atoms with Gasteiger partial charge in [-0.3, -0.25) is 29.3 Å². The number of aliphatic imine (C=N–C) groups is 1. The molecule has 0 bridgehead atoms. The second-order valence-corrected chi connectivity index (χ2v) is 9.08. The Kier molecular flexibility index (Phi) is 9.42. The lowest BCUT2D eigenvalue weighted by Gasteiger charge is -2.44. The van der Waals surface area contributed by atoms with Gasteiger partial charge in [0.05, 0.1) is 0 Å². The van der Waals surface area contributed by atoms with E-state index in [0.29, 0.717) is 0 Å². The van der Waals surface area contributed by atoms with Crippen LogP contribution in [0.5, 0.6) is 0 Å². The number of amidine groups is 1. The lowest BCUT2D eigenvalue weighted by Crippen LogP contribution is -2.61. The van der Waals surface area contributed by atoms with Crippen molar-refractivity contribution in [3.8, 4) is 0 Å². The maximum absolute atomic E-state index is 12.5. The molecule has 13 heteroatoms. The Labute approximate surface area is 216 Å². The zero-order valence-electron chi connectivity index (χ0n) is 20.5. The number of carbonyl (C=O) groups is 5. The van der Waals surface area contributed by atoms with Gasteiger partial charge < -0.3 is 23.7 Å². The summed E-state index contributed by atoms with van der Waals surface area (Å²) in [6.07, 6.45) is -3.36. The second-order valence-electron chi connectivity index (χ2n) is 8.00. The maximum Gasteiger partial charge on any atom is 0.303 e. The predicted molar refractivity (Wildman–Crippen MR) is 130 cm³/mol. The third-order valence-electron chi connectivity index (χ3n) is 4.95. The molecule has 1 amide bonds. The molecule has 1 aromatic carbocycles. The Hall–Kier alpha value is -3.71. The van der Waals surface area contributed by atoms with E-state index in [2.05, 4.69) is 10.3 Å². The van der Waals surface area contributed by atoms with Gasteiger partial charge in [-0.1, -0.05) is 42.1 Å². The summed E-state index contributed by atoms with van der Waals surface area (Å²) in [6.45, 7) is 4.25. The van der Waals surface area contributed by atoms with E-state index in [1.54, 1.807) is 18.2 Å². The molecule has 0 aliphatic carbocycles. The van der Waals surface area contributed by atoms with Crippen LogP contribution < -0.4 is 5.32 Å². The number of ether oxygens (including phenoxy) is 5. The summed E-state index contributed by atoms with van der Waals surface area (Å²) in [5, 5.41) is 2.75. The number of hydrogen-bond donors (Lipinski definition) is 1. The van der Waals surface area contributed by atoms with Gasteiger partial charge in [0.25, 0.3) is 5.91 Å². The van der Waals surface area contributed by atoms with E-state index >= 15 is 0 Å². The van der Waals surface area contributed by atoms with Gasteiger partial charge in [-0.15, -0.1) is 0 Å². The molecule has 12 nitrogen and oxygen atoms in total. The van der Waals surface area contributed by atoms with Crippen LogP contribution in [0.3, 0.4) is 0 Å². The van der Waals surface area contributed by atoms with Gasteiger partial charge in [-0.2, -0.15) is 0 Å². The molecule has 0 aromatic heterocycles. The van der Waals surface area contributed by atoms with Gasteiger partial charge in [0, 0.05) is 27.7 Å². The minimum absolute atomic E-state index is 0.132. The van der Waals surface area contributed by atoms with E-state index in [-0.39, 0.29) is 17.5 Å². The number of rotatable bonds is 7. The standard InChI is InChI=1S/C24H26N2O10S/c1-12(27)32-11-18-19(33-13(2)28)20(34-14(3)29)21(35-15(4)30)23(36-18)37-24-25-17(22(31)26-24)10-16-8-6-5-7-9-16/h5-10,18-21,23H,11H2,1-4H3,(H,25,26,31)/t18-,19-,20+,21-,23+/m1/s1. The highest BCUT2D eigenvalue weighted by Gasteiger charge is 2.53. The van der Waals surface area contributed by atoms with Crippen LogP contribution in [0.1, 0.15) is 33.3 Å². The van der Waals surface area contributed by atoms with Crippen molar-refractivity contribution >= 4 is 52.8 Å². The first-order chi connectivity index (χ1) is 17.5. The highest BCUT2D eigenvalue weighted by Crippen LogP contribution is 2.35. The predicted octanol–water partition coefficient (Wildman–Crippen LogP) is 1.33. The summed E-state index contributed by atoms with van der Waals surface area (Å²) < 4.78 is 27.2. The largest absolute Gasteiger partial charge is 0.463 e. The molecule has 1 N–H and O–H groups in total. The topological polar surface area (TPSA) is 156 Å². The van der Waals surface area contributed by atoms with Crippen LogP contribution in [0, 0.1) is 0 Å². The van der Waals surface area contributed by atoms with Crippen molar-refractivity contribution in [2.45, 2.75) is 57.5 Å². The van der Waals surface area contributed by atoms with Gasteiger partial charge >= 0.3 is 23.9 Å². The molecule has 2 aliphatic rings. The van der Waals surface area contributed by atoms with Crippen molar-refractivity contribution in [1.82, 2.24) is 5.32 Å². The molecule has 1 aromatic rings. The third kappa shape index (κ3) is 7.89. The number of thioether (sulfide) groups is 1. The molecule has 37 heavy (non-hydrogen) atoms. The molecule has 0 radical (unpaired) electrons. The van der Waals surface area contributed by atoms with Gasteiger partial charge in [0.2, 0.25) is 0 Å². The molecule has 1 saturated heterocycles. The zero-order chi connectivity index (χ0) is 27.1. The number of nitrogens with one attached hydrogen (secondary N) is 1. The molecule has 1 fully saturated rings. The monoisotopic (exact) mass is 534 g/mol. The number of nitrogens with zero attached hydrogens (tertiary/aromatic N) is 1. The van der Waals surface area contributed by atoms with E-state index < -0.39 is 59.6 Å². The molecule has 0 unspecified atom stereocenters. The fraction of sp³-hybridized carbons (Fsp3) is 0.417. The van der Waals surface area contributed by atoms with Crippen LogP contribution in [-0.4, -0.2) is 71.4 Å². The zero-order valence-corrected chi connectivity index (χ0v) is 21.3. The number of esters is 4. The van der Waals surface area contributed by atoms with Crippen molar-refractivity contribution in [3.63, 3.8) is 0 Å². The fourth-order valence-electron chi connectivity index (χ4n) is 3.60. The first kappa shape index (κ1) is 27.9. The van der Waals surface area contributed by atoms with E-state index in [0.717, 1.165) is 38.1 Å². The molecule has 0 saturated carbocycles. The lowest BCUT2D eigenvalue weighted by molar-refractivity contribution is -0.237. The summed E-state index contributed by atoms with van der Waals surface area (Å²) in [4.78, 5) is 64.0. The van der Waals surface area contributed by atoms with Crippen molar-refractivity contribution in [2.75, 3.05) is 6.61 Å². The number of carbonyl (C=O) groups excluding carboxylic acids is 5. The van der Waals surface area contributed by atoms with E-state index in [1.807, 2.05) is 18.2 Å². The van der Waals surface area contributed by atoms with Crippen LogP contribution in [0.15, 0.2) is 41.0 Å². The molecule has 5 atom stereocenters. The lowest BCUT2D eigenvalue weighted by atomic mass is 9.99. The summed E-state index contributed by atoms with van der Waals surface area (Å²) in [5.41, 5.74) is -0.204. The molecule has 2 heterocycles. The Morgan fingerprint density at radius 2 is 1.51 bits per heavy atom. The highest BCUT2D eigenvalue weighted by atomic mass is 32.2. The van der Waals surface area contributed by atoms with Crippen LogP contribution in [0.25, 0.3) is 6.08 Å². The van der Waals surface area contributed by atoms with Crippen LogP contribution in [0.4, 0.5) is 0 Å². The minimum Gasteiger partial charge on any atom is -0.463 e. The first-order valence-corrected chi connectivity index (χ1v) is 12.1. The number of amides is 1. The Bertz CT molecular complexity index is 1120. The van der Waals surface area contributed by atoms with Crippen LogP contribution in [-0.2, 0) is 47.7 Å². The Morgan fingerprint density at radius 1 is 0.919 bits per heavy atom. The highest BCUT2D eigenvalue weighted by molar-refractivity contribution is 8.14. The molecule has 3 rings (SSSR count). The summed E-state index contributed by atoms with van der Waals surface area (Å²) in [5.74, 6) is -3.27. The third-order valence-corrected chi connectivity index (χ3v) is 5.98. The smallest absolute Gasteiger partial charge is 0.303 e. The van der Waals surface area contributed by atoms with Gasteiger partial charge in [-0.25, -0.2) is 4.99 Å². The van der Waals surface area contributed by atoms with Crippen molar-refractivity contribution in [3.05, 3.63) is 41.6 Å². The van der Waals surface area contributed by atoms with E-state index in [4.69, 9.17) is 23.7 Å². The van der Waals surface area contributed by atoms with Gasteiger partial charge in [-0.05, 0) is 11.6 Å². The minimum atomic E-state index is -1.31. The average molecular weight is 535 g/mol. The first-order valence-electron chi connectivity index (χ1n) is 11.2. The van der Waals surface area contributed by atoms with E-state index in [1.165, 1.54) is 6.92 Å². The average Bonchev–Trinajstić information content (AvgIpc) is 3.14. The number of hydrogen-bond acceptors (Lipinski definition) is 12. The Morgan fingerprint density at radius 3 is 2.11 bits per heavy atom. The van der Waals surface area contributed by atoms with Crippen molar-refractivity contribution < 1.29 is 47.7 Å². The molecular formula is C24H26N2O10S. The van der Waals surface area contributed by atoms with Crippen molar-refractivity contribution in [1.29, 1.82) is 0 Å². The van der Waals surface area contributed by atoms with Gasteiger partial charge in [0.1, 0.15) is 18.4 Å². The normalized spacial score (nSPS) is 26.1. The Balaban J connectivity index is 1.94. The molecular weight excluding hydrogens is 508 g/mol. The van der Waals surface area contributed by atoms with Crippen LogP contribution in [0.2, 0.25) is 0 Å². The summed E-state index contributed by atoms with van der Waals surface area (Å²) in [6, 6.07) is 9.08. The summed E-state index contributed by atoms with van der Waals surface area (Å²) >= 11 is 0.892. The van der Waals surface area contributed by atoms with Gasteiger partial charge in [0.15, 0.2) is 28.9 Å². The second kappa shape index (κ2) is 12.5.